The lowest BCUT2D eigenvalue weighted by molar-refractivity contribution is -0.385. The molecule has 100 valence electrons. The van der Waals surface area contributed by atoms with Crippen molar-refractivity contribution in [1.82, 2.24) is 19.7 Å². The van der Waals surface area contributed by atoms with Crippen molar-refractivity contribution in [2.45, 2.75) is 6.54 Å². The van der Waals surface area contributed by atoms with E-state index in [0.717, 1.165) is 12.4 Å². The third-order valence-electron chi connectivity index (χ3n) is 2.26. The summed E-state index contributed by atoms with van der Waals surface area (Å²) >= 11 is 0. The van der Waals surface area contributed by atoms with Crippen molar-refractivity contribution in [2.75, 3.05) is 19.0 Å². The van der Waals surface area contributed by atoms with Gasteiger partial charge >= 0.3 is 5.69 Å². The van der Waals surface area contributed by atoms with E-state index in [9.17, 15) is 10.1 Å². The third kappa shape index (κ3) is 3.45. The van der Waals surface area contributed by atoms with E-state index < -0.39 is 4.92 Å². The Labute approximate surface area is 108 Å². The monoisotopic (exact) mass is 264 g/mol. The summed E-state index contributed by atoms with van der Waals surface area (Å²) in [6, 6.07) is 0. The van der Waals surface area contributed by atoms with Gasteiger partial charge in [0.25, 0.3) is 0 Å². The second-order valence-corrected chi connectivity index (χ2v) is 3.63. The van der Waals surface area contributed by atoms with Crippen molar-refractivity contribution in [2.24, 2.45) is 0 Å². The molecule has 0 saturated heterocycles. The van der Waals surface area contributed by atoms with E-state index in [1.165, 1.54) is 0 Å². The fourth-order valence-corrected chi connectivity index (χ4v) is 1.34. The normalized spacial score (nSPS) is 10.4. The standard InChI is InChI=1S/C10H12N6O3/c1-19-3-2-15-7-8(4-13-15)14-10-11-5-9(6-12-10)16(17)18/h4-7H,2-3H2,1H3,(H,11,12,14). The Bertz CT molecular complexity index is 553. The molecular weight excluding hydrogens is 252 g/mol. The van der Waals surface area contributed by atoms with Crippen molar-refractivity contribution in [3.63, 3.8) is 0 Å². The molecule has 2 rings (SSSR count). The highest BCUT2D eigenvalue weighted by atomic mass is 16.6. The summed E-state index contributed by atoms with van der Waals surface area (Å²) in [5.41, 5.74) is 0.547. The van der Waals surface area contributed by atoms with E-state index in [-0.39, 0.29) is 11.6 Å². The summed E-state index contributed by atoms with van der Waals surface area (Å²) in [6.45, 7) is 1.20. The fraction of sp³-hybridized carbons (Fsp3) is 0.300. The Morgan fingerprint density at radius 3 is 2.79 bits per heavy atom. The van der Waals surface area contributed by atoms with Crippen LogP contribution in [0.2, 0.25) is 0 Å². The largest absolute Gasteiger partial charge is 0.383 e. The van der Waals surface area contributed by atoms with Gasteiger partial charge < -0.3 is 10.1 Å². The lowest BCUT2D eigenvalue weighted by Crippen LogP contribution is -2.04. The van der Waals surface area contributed by atoms with Gasteiger partial charge in [0, 0.05) is 13.3 Å². The van der Waals surface area contributed by atoms with Crippen molar-refractivity contribution in [3.05, 3.63) is 34.9 Å². The second kappa shape index (κ2) is 5.87. The molecule has 2 heterocycles. The van der Waals surface area contributed by atoms with Crippen LogP contribution >= 0.6 is 0 Å². The quantitative estimate of drug-likeness (QED) is 0.611. The van der Waals surface area contributed by atoms with Crippen molar-refractivity contribution in [3.8, 4) is 0 Å². The Morgan fingerprint density at radius 2 is 2.16 bits per heavy atom. The van der Waals surface area contributed by atoms with E-state index in [4.69, 9.17) is 4.74 Å². The smallest absolute Gasteiger partial charge is 0.305 e. The highest BCUT2D eigenvalue weighted by Crippen LogP contribution is 2.13. The number of methoxy groups -OCH3 is 1. The van der Waals surface area contributed by atoms with Gasteiger partial charge in [-0.05, 0) is 0 Å². The number of nitro groups is 1. The lowest BCUT2D eigenvalue weighted by Gasteiger charge is -2.00. The maximum Gasteiger partial charge on any atom is 0.305 e. The zero-order valence-electron chi connectivity index (χ0n) is 10.2. The van der Waals surface area contributed by atoms with Gasteiger partial charge in [0.15, 0.2) is 0 Å². The number of nitrogens with zero attached hydrogens (tertiary/aromatic N) is 5. The molecule has 0 fully saturated rings. The van der Waals surface area contributed by atoms with Crippen molar-refractivity contribution < 1.29 is 9.66 Å². The molecule has 1 N–H and O–H groups in total. The number of nitrogens with one attached hydrogen (secondary N) is 1. The molecule has 19 heavy (non-hydrogen) atoms. The number of anilines is 2. The molecular formula is C10H12N6O3. The Kier molecular flexibility index (Phi) is 3.98. The van der Waals surface area contributed by atoms with Crippen LogP contribution in [0.1, 0.15) is 0 Å². The molecule has 2 aromatic rings. The molecule has 0 bridgehead atoms. The first kappa shape index (κ1) is 12.9. The summed E-state index contributed by atoms with van der Waals surface area (Å²) in [6.07, 6.45) is 5.67. The van der Waals surface area contributed by atoms with Gasteiger partial charge in [-0.25, -0.2) is 9.97 Å². The minimum Gasteiger partial charge on any atom is -0.383 e. The fourth-order valence-electron chi connectivity index (χ4n) is 1.34. The molecule has 9 heteroatoms. The van der Waals surface area contributed by atoms with Crippen LogP contribution in [0, 0.1) is 10.1 Å². The van der Waals surface area contributed by atoms with Gasteiger partial charge in [-0.1, -0.05) is 0 Å². The summed E-state index contributed by atoms with van der Waals surface area (Å²) in [5.74, 6) is 0.275. The topological polar surface area (TPSA) is 108 Å². The minimum absolute atomic E-state index is 0.152. The maximum absolute atomic E-state index is 10.5. The van der Waals surface area contributed by atoms with Gasteiger partial charge in [0.2, 0.25) is 5.95 Å². The van der Waals surface area contributed by atoms with Crippen LogP contribution in [0.3, 0.4) is 0 Å². The summed E-state index contributed by atoms with van der Waals surface area (Å²) in [5, 5.41) is 17.5. The van der Waals surface area contributed by atoms with E-state index in [0.29, 0.717) is 18.8 Å². The Balaban J connectivity index is 2.00. The number of aromatic nitrogens is 4. The number of hydrogen-bond donors (Lipinski definition) is 1. The molecule has 0 aliphatic heterocycles. The third-order valence-corrected chi connectivity index (χ3v) is 2.26. The lowest BCUT2D eigenvalue weighted by atomic mass is 10.5. The van der Waals surface area contributed by atoms with Gasteiger partial charge in [-0.2, -0.15) is 5.10 Å². The highest BCUT2D eigenvalue weighted by Gasteiger charge is 2.07. The van der Waals surface area contributed by atoms with Crippen LogP contribution in [-0.4, -0.2) is 38.4 Å². The maximum atomic E-state index is 10.5. The Morgan fingerprint density at radius 1 is 1.42 bits per heavy atom. The van der Waals surface area contributed by atoms with Gasteiger partial charge in [-0.15, -0.1) is 0 Å². The van der Waals surface area contributed by atoms with Gasteiger partial charge in [0.05, 0.1) is 30.0 Å². The van der Waals surface area contributed by atoms with Crippen LogP contribution in [-0.2, 0) is 11.3 Å². The molecule has 2 aromatic heterocycles. The average molecular weight is 264 g/mol. The molecule has 0 atom stereocenters. The molecule has 0 amide bonds. The first-order valence-electron chi connectivity index (χ1n) is 5.44. The first-order chi connectivity index (χ1) is 9.19. The molecule has 0 aliphatic rings. The molecule has 0 aliphatic carbocycles. The SMILES string of the molecule is COCCn1cc(Nc2ncc([N+](=O)[O-])cn2)cn1. The number of ether oxygens (including phenoxy) is 1. The predicted molar refractivity (Wildman–Crippen MR) is 66.1 cm³/mol. The summed E-state index contributed by atoms with van der Waals surface area (Å²) < 4.78 is 6.64. The minimum atomic E-state index is -0.549. The van der Waals surface area contributed by atoms with Crippen molar-refractivity contribution in [1.29, 1.82) is 0 Å². The predicted octanol–water partition coefficient (Wildman–Crippen LogP) is 0.971. The molecule has 0 unspecified atom stereocenters. The molecule has 9 nitrogen and oxygen atoms in total. The zero-order chi connectivity index (χ0) is 13.7. The van der Waals surface area contributed by atoms with Gasteiger partial charge in [0.1, 0.15) is 12.4 Å². The Hall–Kier alpha value is -2.55. The summed E-state index contributed by atoms with van der Waals surface area (Å²) in [4.78, 5) is 17.6. The molecule has 0 spiro atoms. The second-order valence-electron chi connectivity index (χ2n) is 3.63. The van der Waals surface area contributed by atoms with Crippen LogP contribution in [0.4, 0.5) is 17.3 Å². The average Bonchev–Trinajstić information content (AvgIpc) is 2.84. The number of rotatable bonds is 6. The van der Waals surface area contributed by atoms with E-state index in [1.54, 1.807) is 24.2 Å². The van der Waals surface area contributed by atoms with E-state index >= 15 is 0 Å². The van der Waals surface area contributed by atoms with E-state index in [1.807, 2.05) is 0 Å². The number of hydrogen-bond acceptors (Lipinski definition) is 7. The van der Waals surface area contributed by atoms with Crippen LogP contribution in [0.5, 0.6) is 0 Å². The first-order valence-corrected chi connectivity index (χ1v) is 5.44. The summed E-state index contributed by atoms with van der Waals surface area (Å²) in [7, 11) is 1.62. The molecule has 0 aromatic carbocycles. The van der Waals surface area contributed by atoms with Gasteiger partial charge in [-0.3, -0.25) is 14.8 Å². The highest BCUT2D eigenvalue weighted by molar-refractivity contribution is 5.50. The zero-order valence-corrected chi connectivity index (χ0v) is 10.2. The van der Waals surface area contributed by atoms with Crippen LogP contribution in [0.15, 0.2) is 24.8 Å². The van der Waals surface area contributed by atoms with Crippen LogP contribution < -0.4 is 5.32 Å². The molecule has 0 radical (unpaired) electrons. The van der Waals surface area contributed by atoms with Crippen molar-refractivity contribution >= 4 is 17.3 Å². The van der Waals surface area contributed by atoms with Crippen LogP contribution in [0.25, 0.3) is 0 Å². The molecule has 0 saturated carbocycles. The van der Waals surface area contributed by atoms with E-state index in [2.05, 4.69) is 20.4 Å².